The maximum Gasteiger partial charge on any atom is 0.329 e. The number of rotatable bonds is 8. The monoisotopic (exact) mass is 423 g/mol. The second kappa shape index (κ2) is 9.89. The third kappa shape index (κ3) is 4.78. The molecule has 0 aliphatic carbocycles. The topological polar surface area (TPSA) is 121 Å². The summed E-state index contributed by atoms with van der Waals surface area (Å²) in [5.74, 6) is 1.01. The highest BCUT2D eigenvalue weighted by atomic mass is 32.2. The van der Waals surface area contributed by atoms with Gasteiger partial charge >= 0.3 is 5.69 Å². The number of H-pyrrole nitrogens is 1. The molecule has 1 amide bonds. The van der Waals surface area contributed by atoms with Gasteiger partial charge in [0.15, 0.2) is 0 Å². The smallest absolute Gasteiger partial charge is 0.329 e. The van der Waals surface area contributed by atoms with E-state index in [0.29, 0.717) is 36.6 Å². The van der Waals surface area contributed by atoms with E-state index in [0.717, 1.165) is 5.56 Å². The van der Waals surface area contributed by atoms with Crippen LogP contribution >= 0.6 is 11.8 Å². The number of nitriles is 1. The van der Waals surface area contributed by atoms with E-state index in [1.807, 2.05) is 25.1 Å². The lowest BCUT2D eigenvalue weighted by molar-refractivity contribution is 0.0956. The zero-order valence-electron chi connectivity index (χ0n) is 16.5. The number of carbonyl (C=O) groups excluding carboxylic acids is 1. The number of amides is 1. The Balaban J connectivity index is 1.62. The fourth-order valence-electron chi connectivity index (χ4n) is 3.00. The molecule has 0 aliphatic heterocycles. The predicted molar refractivity (Wildman–Crippen MR) is 117 cm³/mol. The summed E-state index contributed by atoms with van der Waals surface area (Å²) in [5.41, 5.74) is 1.09. The van der Waals surface area contributed by atoms with E-state index in [1.165, 1.54) is 16.8 Å². The molecule has 0 aliphatic rings. The number of hydrogen-bond acceptors (Lipinski definition) is 6. The molecule has 0 spiro atoms. The van der Waals surface area contributed by atoms with E-state index in [2.05, 4.69) is 21.4 Å². The molecule has 154 valence electrons. The van der Waals surface area contributed by atoms with Crippen LogP contribution in [0.5, 0.6) is 0 Å². The van der Waals surface area contributed by atoms with Gasteiger partial charge in [0.25, 0.3) is 11.5 Å². The lowest BCUT2D eigenvalue weighted by Crippen LogP contribution is -2.31. The normalized spacial score (nSPS) is 10.7. The number of carbonyl (C=O) groups is 1. The molecule has 0 radical (unpaired) electrons. The molecule has 0 fully saturated rings. The van der Waals surface area contributed by atoms with Crippen molar-refractivity contribution < 1.29 is 4.79 Å². The van der Waals surface area contributed by atoms with E-state index in [1.54, 1.807) is 17.8 Å². The molecule has 0 saturated carbocycles. The number of aromatic amines is 1. The second-order valence-corrected chi connectivity index (χ2v) is 7.69. The van der Waals surface area contributed by atoms with Crippen molar-refractivity contribution in [3.63, 3.8) is 0 Å². The summed E-state index contributed by atoms with van der Waals surface area (Å²) < 4.78 is 1.40. The molecule has 3 aromatic rings. The van der Waals surface area contributed by atoms with Crippen molar-refractivity contribution >= 4 is 28.7 Å². The maximum absolute atomic E-state index is 12.4. The lowest BCUT2D eigenvalue weighted by atomic mass is 10.1. The molecule has 3 rings (SSSR count). The van der Waals surface area contributed by atoms with Gasteiger partial charge in [-0.2, -0.15) is 17.0 Å². The Morgan fingerprint density at radius 1 is 1.33 bits per heavy atom. The van der Waals surface area contributed by atoms with Crippen LogP contribution in [0.4, 0.5) is 0 Å². The molecule has 2 aromatic heterocycles. The van der Waals surface area contributed by atoms with Crippen LogP contribution in [0.2, 0.25) is 0 Å². The number of aryl methyl sites for hydroxylation is 1. The van der Waals surface area contributed by atoms with Crippen LogP contribution in [0.1, 0.15) is 34.8 Å². The van der Waals surface area contributed by atoms with Gasteiger partial charge in [-0.1, -0.05) is 25.1 Å². The van der Waals surface area contributed by atoms with Crippen molar-refractivity contribution in [1.82, 2.24) is 19.9 Å². The fourth-order valence-corrected chi connectivity index (χ4v) is 3.86. The second-order valence-electron chi connectivity index (χ2n) is 6.58. The Bertz CT molecular complexity index is 1230. The summed E-state index contributed by atoms with van der Waals surface area (Å²) in [6, 6.07) is 11.1. The Morgan fingerprint density at radius 3 is 2.90 bits per heavy atom. The van der Waals surface area contributed by atoms with Crippen molar-refractivity contribution in [2.24, 2.45) is 0 Å². The molecule has 0 unspecified atom stereocenters. The number of nitrogens with one attached hydrogen (secondary N) is 2. The summed E-state index contributed by atoms with van der Waals surface area (Å²) in [5, 5.41) is 12.1. The number of nitrogens with zero attached hydrogens (tertiary/aromatic N) is 3. The Labute approximate surface area is 177 Å². The SMILES string of the molecule is CCCn1c(=O)[nH]c(=O)c2cc(C(=O)NCCSCc3ccccc3C#N)cnc21. The van der Waals surface area contributed by atoms with Gasteiger partial charge in [-0.15, -0.1) is 0 Å². The Kier molecular flexibility index (Phi) is 7.03. The molecule has 2 heterocycles. The highest BCUT2D eigenvalue weighted by molar-refractivity contribution is 7.98. The number of fused-ring (bicyclic) bond motifs is 1. The molecule has 0 bridgehead atoms. The van der Waals surface area contributed by atoms with Crippen LogP contribution in [0, 0.1) is 11.3 Å². The minimum absolute atomic E-state index is 0.207. The molecule has 9 heteroatoms. The molecular weight excluding hydrogens is 402 g/mol. The van der Waals surface area contributed by atoms with Gasteiger partial charge < -0.3 is 5.32 Å². The number of thioether (sulfide) groups is 1. The van der Waals surface area contributed by atoms with Crippen molar-refractivity contribution in [2.45, 2.75) is 25.6 Å². The number of aromatic nitrogens is 3. The van der Waals surface area contributed by atoms with E-state index >= 15 is 0 Å². The molecule has 30 heavy (non-hydrogen) atoms. The number of hydrogen-bond donors (Lipinski definition) is 2. The van der Waals surface area contributed by atoms with Gasteiger partial charge in [0.05, 0.1) is 22.6 Å². The van der Waals surface area contributed by atoms with Crippen LogP contribution < -0.4 is 16.6 Å². The summed E-state index contributed by atoms with van der Waals surface area (Å²) in [6.07, 6.45) is 2.08. The molecule has 0 saturated heterocycles. The predicted octanol–water partition coefficient (Wildman–Crippen LogP) is 2.03. The zero-order valence-corrected chi connectivity index (χ0v) is 17.3. The van der Waals surface area contributed by atoms with E-state index in [4.69, 9.17) is 5.26 Å². The largest absolute Gasteiger partial charge is 0.351 e. The van der Waals surface area contributed by atoms with Gasteiger partial charge in [0, 0.05) is 30.8 Å². The molecule has 2 N–H and O–H groups in total. The molecule has 8 nitrogen and oxygen atoms in total. The third-order valence-corrected chi connectivity index (χ3v) is 5.48. The van der Waals surface area contributed by atoms with Crippen LogP contribution in [-0.2, 0) is 12.3 Å². The summed E-state index contributed by atoms with van der Waals surface area (Å²) in [4.78, 5) is 43.0. The third-order valence-electron chi connectivity index (χ3n) is 4.47. The van der Waals surface area contributed by atoms with Crippen molar-refractivity contribution in [3.05, 3.63) is 74.1 Å². The van der Waals surface area contributed by atoms with Crippen LogP contribution in [0.15, 0.2) is 46.1 Å². The maximum atomic E-state index is 12.4. The zero-order chi connectivity index (χ0) is 21.5. The Hall–Kier alpha value is -3.38. The average molecular weight is 423 g/mol. The standard InChI is InChI=1S/C21H21N5O3S/c1-2-8-26-18-17(20(28)25-21(26)29)10-16(12-24-18)19(27)23-7-9-30-13-15-6-4-3-5-14(15)11-22/h3-6,10,12H,2,7-9,13H2,1H3,(H,23,27)(H,25,28,29). The Morgan fingerprint density at radius 2 is 2.13 bits per heavy atom. The summed E-state index contributed by atoms with van der Waals surface area (Å²) in [7, 11) is 0. The quantitative estimate of drug-likeness (QED) is 0.535. The fraction of sp³-hybridized carbons (Fsp3) is 0.286. The van der Waals surface area contributed by atoms with Crippen LogP contribution in [0.25, 0.3) is 11.0 Å². The van der Waals surface area contributed by atoms with Crippen LogP contribution in [-0.4, -0.2) is 32.7 Å². The molecule has 1 aromatic carbocycles. The summed E-state index contributed by atoms with van der Waals surface area (Å²) >= 11 is 1.61. The van der Waals surface area contributed by atoms with Gasteiger partial charge in [0.2, 0.25) is 0 Å². The first-order valence-electron chi connectivity index (χ1n) is 9.52. The van der Waals surface area contributed by atoms with Crippen molar-refractivity contribution in [3.8, 4) is 6.07 Å². The molecule has 0 atom stereocenters. The van der Waals surface area contributed by atoms with Gasteiger partial charge in [0.1, 0.15) is 5.65 Å². The van der Waals surface area contributed by atoms with Gasteiger partial charge in [-0.05, 0) is 24.1 Å². The lowest BCUT2D eigenvalue weighted by Gasteiger charge is -2.09. The first-order valence-corrected chi connectivity index (χ1v) is 10.7. The number of benzene rings is 1. The highest BCUT2D eigenvalue weighted by Crippen LogP contribution is 2.15. The average Bonchev–Trinajstić information content (AvgIpc) is 2.76. The van der Waals surface area contributed by atoms with E-state index < -0.39 is 11.2 Å². The van der Waals surface area contributed by atoms with Gasteiger partial charge in [-0.3, -0.25) is 19.1 Å². The van der Waals surface area contributed by atoms with Gasteiger partial charge in [-0.25, -0.2) is 9.78 Å². The summed E-state index contributed by atoms with van der Waals surface area (Å²) in [6.45, 7) is 2.78. The van der Waals surface area contributed by atoms with Crippen molar-refractivity contribution in [1.29, 1.82) is 5.26 Å². The van der Waals surface area contributed by atoms with E-state index in [-0.39, 0.29) is 22.5 Å². The van der Waals surface area contributed by atoms with E-state index in [9.17, 15) is 14.4 Å². The minimum Gasteiger partial charge on any atom is -0.351 e. The first-order chi connectivity index (χ1) is 14.5. The van der Waals surface area contributed by atoms with Crippen LogP contribution in [0.3, 0.4) is 0 Å². The van der Waals surface area contributed by atoms with Crippen molar-refractivity contribution in [2.75, 3.05) is 12.3 Å². The highest BCUT2D eigenvalue weighted by Gasteiger charge is 2.12. The minimum atomic E-state index is -0.559. The first kappa shape index (κ1) is 21.3. The number of pyridine rings is 1. The molecular formula is C21H21N5O3S.